The Kier molecular flexibility index (Phi) is 6.20. The lowest BCUT2D eigenvalue weighted by Gasteiger charge is -2.15. The van der Waals surface area contributed by atoms with E-state index in [9.17, 15) is 17.6 Å². The molecule has 0 fully saturated rings. The van der Waals surface area contributed by atoms with Crippen LogP contribution in [-0.4, -0.2) is 21.4 Å². The highest BCUT2D eigenvalue weighted by molar-refractivity contribution is 7.92. The lowest BCUT2D eigenvalue weighted by atomic mass is 10.1. The fourth-order valence-electron chi connectivity index (χ4n) is 2.13. The fourth-order valence-corrected chi connectivity index (χ4v) is 3.20. The molecule has 0 saturated heterocycles. The Bertz CT molecular complexity index is 883. The quantitative estimate of drug-likeness (QED) is 0.768. The molecule has 2 N–H and O–H groups in total. The highest BCUT2D eigenvalue weighted by Gasteiger charge is 2.18. The summed E-state index contributed by atoms with van der Waals surface area (Å²) in [6.45, 7) is 3.71. The van der Waals surface area contributed by atoms with E-state index in [-0.39, 0.29) is 28.2 Å². The molecule has 2 rings (SSSR count). The largest absolute Gasteiger partial charge is 0.495 e. The average Bonchev–Trinajstić information content (AvgIpc) is 2.61. The molecule has 0 aromatic heterocycles. The number of amides is 1. The van der Waals surface area contributed by atoms with Gasteiger partial charge < -0.3 is 10.1 Å². The van der Waals surface area contributed by atoms with Gasteiger partial charge in [-0.25, -0.2) is 12.8 Å². The first-order valence-electron chi connectivity index (χ1n) is 8.04. The van der Waals surface area contributed by atoms with Crippen LogP contribution in [0.2, 0.25) is 0 Å². The van der Waals surface area contributed by atoms with Crippen molar-refractivity contribution in [3.63, 3.8) is 0 Å². The maximum atomic E-state index is 13.0. The summed E-state index contributed by atoms with van der Waals surface area (Å²) in [5, 5.41) is 2.74. The molecule has 6 nitrogen and oxygen atoms in total. The van der Waals surface area contributed by atoms with Crippen molar-refractivity contribution in [2.24, 2.45) is 5.92 Å². The number of hydrogen-bond acceptors (Lipinski definition) is 4. The SMILES string of the molecule is CCC(C)C(=O)Nc1ccc(OC)c(NS(=O)(=O)c2ccc(F)cc2)c1. The molecule has 0 saturated carbocycles. The summed E-state index contributed by atoms with van der Waals surface area (Å²) >= 11 is 0. The molecule has 0 heterocycles. The molecule has 0 aliphatic rings. The van der Waals surface area contributed by atoms with E-state index in [4.69, 9.17) is 4.74 Å². The van der Waals surface area contributed by atoms with Gasteiger partial charge in [0.2, 0.25) is 5.91 Å². The molecule has 2 aromatic rings. The van der Waals surface area contributed by atoms with Crippen molar-refractivity contribution in [2.45, 2.75) is 25.2 Å². The van der Waals surface area contributed by atoms with Crippen molar-refractivity contribution in [2.75, 3.05) is 17.1 Å². The van der Waals surface area contributed by atoms with Crippen LogP contribution in [0.25, 0.3) is 0 Å². The first-order chi connectivity index (χ1) is 12.3. The normalized spacial score (nSPS) is 12.3. The van der Waals surface area contributed by atoms with Crippen LogP contribution in [0, 0.1) is 11.7 Å². The van der Waals surface area contributed by atoms with Crippen LogP contribution in [-0.2, 0) is 14.8 Å². The molecule has 0 bridgehead atoms. The number of carbonyl (C=O) groups is 1. The summed E-state index contributed by atoms with van der Waals surface area (Å²) in [5.41, 5.74) is 0.603. The Morgan fingerprint density at radius 3 is 2.42 bits per heavy atom. The molecule has 8 heteroatoms. The van der Waals surface area contributed by atoms with Gasteiger partial charge in [0.05, 0.1) is 17.7 Å². The maximum absolute atomic E-state index is 13.0. The van der Waals surface area contributed by atoms with Gasteiger partial charge in [-0.3, -0.25) is 9.52 Å². The molecule has 1 atom stereocenters. The van der Waals surface area contributed by atoms with Crippen LogP contribution >= 0.6 is 0 Å². The summed E-state index contributed by atoms with van der Waals surface area (Å²) < 4.78 is 45.6. The van der Waals surface area contributed by atoms with Gasteiger partial charge in [-0.15, -0.1) is 0 Å². The fraction of sp³-hybridized carbons (Fsp3) is 0.278. The summed E-state index contributed by atoms with van der Waals surface area (Å²) in [7, 11) is -2.53. The minimum Gasteiger partial charge on any atom is -0.495 e. The molecule has 0 aliphatic carbocycles. The second-order valence-corrected chi connectivity index (χ2v) is 7.46. The maximum Gasteiger partial charge on any atom is 0.262 e. The number of halogens is 1. The summed E-state index contributed by atoms with van der Waals surface area (Å²) in [4.78, 5) is 11.9. The van der Waals surface area contributed by atoms with Crippen molar-refractivity contribution >= 4 is 27.3 Å². The number of anilines is 2. The molecular formula is C18H21FN2O4S. The number of methoxy groups -OCH3 is 1. The Labute approximate surface area is 152 Å². The molecule has 0 aliphatic heterocycles. The average molecular weight is 380 g/mol. The lowest BCUT2D eigenvalue weighted by Crippen LogP contribution is -2.20. The zero-order valence-electron chi connectivity index (χ0n) is 14.7. The van der Waals surface area contributed by atoms with Crippen molar-refractivity contribution in [1.29, 1.82) is 0 Å². The summed E-state index contributed by atoms with van der Waals surface area (Å²) in [6.07, 6.45) is 0.687. The van der Waals surface area contributed by atoms with E-state index in [1.807, 2.05) is 6.92 Å². The Morgan fingerprint density at radius 2 is 1.85 bits per heavy atom. The van der Waals surface area contributed by atoms with Crippen molar-refractivity contribution in [3.05, 3.63) is 48.3 Å². The van der Waals surface area contributed by atoms with E-state index in [1.54, 1.807) is 19.1 Å². The number of nitrogens with one attached hydrogen (secondary N) is 2. The lowest BCUT2D eigenvalue weighted by molar-refractivity contribution is -0.119. The van der Waals surface area contributed by atoms with Gasteiger partial charge in [0.15, 0.2) is 0 Å². The Balaban J connectivity index is 2.31. The molecule has 0 radical (unpaired) electrons. The molecule has 26 heavy (non-hydrogen) atoms. The van der Waals surface area contributed by atoms with Gasteiger partial charge >= 0.3 is 0 Å². The smallest absolute Gasteiger partial charge is 0.262 e. The second-order valence-electron chi connectivity index (χ2n) is 5.77. The van der Waals surface area contributed by atoms with Crippen LogP contribution < -0.4 is 14.8 Å². The van der Waals surface area contributed by atoms with E-state index in [0.29, 0.717) is 12.1 Å². The zero-order chi connectivity index (χ0) is 19.3. The van der Waals surface area contributed by atoms with E-state index in [2.05, 4.69) is 10.0 Å². The topological polar surface area (TPSA) is 84.5 Å². The van der Waals surface area contributed by atoms with Gasteiger partial charge in [-0.1, -0.05) is 13.8 Å². The third-order valence-corrected chi connectivity index (χ3v) is 5.28. The molecular weight excluding hydrogens is 359 g/mol. The number of rotatable bonds is 7. The van der Waals surface area contributed by atoms with Gasteiger partial charge in [0.25, 0.3) is 10.0 Å². The number of sulfonamides is 1. The number of ether oxygens (including phenoxy) is 1. The van der Waals surface area contributed by atoms with Gasteiger partial charge in [0, 0.05) is 11.6 Å². The van der Waals surface area contributed by atoms with Crippen molar-refractivity contribution in [1.82, 2.24) is 0 Å². The van der Waals surface area contributed by atoms with Crippen LogP contribution in [0.5, 0.6) is 5.75 Å². The first-order valence-corrected chi connectivity index (χ1v) is 9.52. The highest BCUT2D eigenvalue weighted by Crippen LogP contribution is 2.30. The molecule has 140 valence electrons. The summed E-state index contributed by atoms with van der Waals surface area (Å²) in [6, 6.07) is 9.10. The van der Waals surface area contributed by atoms with Crippen LogP contribution in [0.4, 0.5) is 15.8 Å². The van der Waals surface area contributed by atoms with Crippen LogP contribution in [0.1, 0.15) is 20.3 Å². The van der Waals surface area contributed by atoms with Crippen molar-refractivity contribution < 1.29 is 22.3 Å². The number of carbonyl (C=O) groups excluding carboxylic acids is 1. The second kappa shape index (κ2) is 8.18. The minimum atomic E-state index is -3.94. The molecule has 0 spiro atoms. The van der Waals surface area contributed by atoms with E-state index < -0.39 is 15.8 Å². The van der Waals surface area contributed by atoms with Gasteiger partial charge in [-0.2, -0.15) is 0 Å². The third kappa shape index (κ3) is 4.72. The van der Waals surface area contributed by atoms with Crippen LogP contribution in [0.3, 0.4) is 0 Å². The monoisotopic (exact) mass is 380 g/mol. The summed E-state index contributed by atoms with van der Waals surface area (Å²) in [5.74, 6) is -0.574. The zero-order valence-corrected chi connectivity index (χ0v) is 15.6. The molecule has 1 amide bonds. The van der Waals surface area contributed by atoms with E-state index in [0.717, 1.165) is 12.1 Å². The molecule has 1 unspecified atom stereocenters. The predicted molar refractivity (Wildman–Crippen MR) is 98.3 cm³/mol. The molecule has 2 aromatic carbocycles. The third-order valence-electron chi connectivity index (χ3n) is 3.90. The van der Waals surface area contributed by atoms with Crippen molar-refractivity contribution in [3.8, 4) is 5.75 Å². The standard InChI is InChI=1S/C18H21FN2O4S/c1-4-12(2)18(22)20-14-7-10-17(25-3)16(11-14)21-26(23,24)15-8-5-13(19)6-9-15/h5-12,21H,4H2,1-3H3,(H,20,22). The Morgan fingerprint density at radius 1 is 1.19 bits per heavy atom. The number of hydrogen-bond donors (Lipinski definition) is 2. The van der Waals surface area contributed by atoms with E-state index >= 15 is 0 Å². The van der Waals surface area contributed by atoms with Gasteiger partial charge in [-0.05, 0) is 48.9 Å². The van der Waals surface area contributed by atoms with Crippen LogP contribution in [0.15, 0.2) is 47.4 Å². The minimum absolute atomic E-state index is 0.0880. The first kappa shape index (κ1) is 19.7. The number of benzene rings is 2. The Hall–Kier alpha value is -2.61. The predicted octanol–water partition coefficient (Wildman–Crippen LogP) is 3.62. The van der Waals surface area contributed by atoms with E-state index in [1.165, 1.54) is 25.3 Å². The van der Waals surface area contributed by atoms with Gasteiger partial charge in [0.1, 0.15) is 11.6 Å². The highest BCUT2D eigenvalue weighted by atomic mass is 32.2.